The van der Waals surface area contributed by atoms with Crippen LogP contribution in [-0.4, -0.2) is 24.6 Å². The highest BCUT2D eigenvalue weighted by molar-refractivity contribution is 5.40. The highest BCUT2D eigenvalue weighted by Crippen LogP contribution is 2.23. The van der Waals surface area contributed by atoms with Crippen LogP contribution in [0.15, 0.2) is 18.3 Å². The average molecular weight is 195 g/mol. The predicted octanol–water partition coefficient (Wildman–Crippen LogP) is 1.01. The minimum Gasteiger partial charge on any atom is -0.354 e. The van der Waals surface area contributed by atoms with Gasteiger partial charge in [-0.2, -0.15) is 0 Å². The molecule has 0 bridgehead atoms. The monoisotopic (exact) mass is 195 g/mol. The van der Waals surface area contributed by atoms with Gasteiger partial charge >= 0.3 is 0 Å². The summed E-state index contributed by atoms with van der Waals surface area (Å²) in [6.45, 7) is 2.35. The molecule has 0 aromatic carbocycles. The zero-order valence-corrected chi connectivity index (χ0v) is 7.99. The van der Waals surface area contributed by atoms with Crippen molar-refractivity contribution >= 4 is 5.82 Å². The lowest BCUT2D eigenvalue weighted by molar-refractivity contribution is 0.594. The maximum atomic E-state index is 13.3. The number of pyridine rings is 1. The minimum atomic E-state index is -0.245. The number of rotatable bonds is 2. The van der Waals surface area contributed by atoms with Gasteiger partial charge in [-0.25, -0.2) is 9.37 Å². The van der Waals surface area contributed by atoms with E-state index in [1.165, 1.54) is 6.07 Å². The first kappa shape index (κ1) is 9.40. The zero-order valence-electron chi connectivity index (χ0n) is 7.99. The fourth-order valence-electron chi connectivity index (χ4n) is 1.83. The molecule has 1 aliphatic heterocycles. The third kappa shape index (κ3) is 1.70. The smallest absolute Gasteiger partial charge is 0.165 e. The van der Waals surface area contributed by atoms with E-state index < -0.39 is 0 Å². The van der Waals surface area contributed by atoms with Crippen LogP contribution in [0.5, 0.6) is 0 Å². The standard InChI is InChI=1S/C10H14FN3/c11-9-2-1-4-13-10(9)14-5-3-8(6-12)7-14/h1-2,4,8H,3,5-7,12H2. The Kier molecular flexibility index (Phi) is 2.63. The van der Waals surface area contributed by atoms with Crippen molar-refractivity contribution in [3.63, 3.8) is 0 Å². The van der Waals surface area contributed by atoms with Gasteiger partial charge in [-0.1, -0.05) is 0 Å². The molecule has 2 heterocycles. The van der Waals surface area contributed by atoms with Crippen molar-refractivity contribution in [2.45, 2.75) is 6.42 Å². The van der Waals surface area contributed by atoms with Gasteiger partial charge < -0.3 is 10.6 Å². The SMILES string of the molecule is NCC1CCN(c2ncccc2F)C1. The van der Waals surface area contributed by atoms with Crippen LogP contribution in [0.25, 0.3) is 0 Å². The third-order valence-corrected chi connectivity index (χ3v) is 2.66. The Labute approximate surface area is 82.7 Å². The number of nitrogens with two attached hydrogens (primary N) is 1. The molecule has 2 N–H and O–H groups in total. The fourth-order valence-corrected chi connectivity index (χ4v) is 1.83. The summed E-state index contributed by atoms with van der Waals surface area (Å²) < 4.78 is 13.3. The van der Waals surface area contributed by atoms with Gasteiger partial charge in [0.2, 0.25) is 0 Å². The molecule has 1 atom stereocenters. The summed E-state index contributed by atoms with van der Waals surface area (Å²) in [4.78, 5) is 6.00. The van der Waals surface area contributed by atoms with E-state index in [4.69, 9.17) is 5.73 Å². The summed E-state index contributed by atoms with van der Waals surface area (Å²) in [7, 11) is 0. The second-order valence-electron chi connectivity index (χ2n) is 3.65. The van der Waals surface area contributed by atoms with Gasteiger partial charge in [-0.15, -0.1) is 0 Å². The lowest BCUT2D eigenvalue weighted by Gasteiger charge is -2.17. The van der Waals surface area contributed by atoms with Crippen LogP contribution in [0.1, 0.15) is 6.42 Å². The summed E-state index contributed by atoms with van der Waals surface area (Å²) >= 11 is 0. The summed E-state index contributed by atoms with van der Waals surface area (Å²) in [5, 5.41) is 0. The molecule has 14 heavy (non-hydrogen) atoms. The fraction of sp³-hybridized carbons (Fsp3) is 0.500. The van der Waals surface area contributed by atoms with Crippen LogP contribution < -0.4 is 10.6 Å². The van der Waals surface area contributed by atoms with E-state index in [0.717, 1.165) is 19.5 Å². The van der Waals surface area contributed by atoms with E-state index in [0.29, 0.717) is 18.3 Å². The van der Waals surface area contributed by atoms with Crippen molar-refractivity contribution < 1.29 is 4.39 Å². The van der Waals surface area contributed by atoms with Gasteiger partial charge in [0, 0.05) is 19.3 Å². The highest BCUT2D eigenvalue weighted by Gasteiger charge is 2.23. The number of aromatic nitrogens is 1. The van der Waals surface area contributed by atoms with Gasteiger partial charge in [0.25, 0.3) is 0 Å². The summed E-state index contributed by atoms with van der Waals surface area (Å²) in [6, 6.07) is 3.05. The quantitative estimate of drug-likeness (QED) is 0.765. The third-order valence-electron chi connectivity index (χ3n) is 2.66. The van der Waals surface area contributed by atoms with Gasteiger partial charge in [0.05, 0.1) is 0 Å². The first-order chi connectivity index (χ1) is 6.81. The van der Waals surface area contributed by atoms with Crippen LogP contribution >= 0.6 is 0 Å². The van der Waals surface area contributed by atoms with E-state index >= 15 is 0 Å². The normalized spacial score (nSPS) is 21.6. The van der Waals surface area contributed by atoms with Crippen molar-refractivity contribution in [1.29, 1.82) is 0 Å². The minimum absolute atomic E-state index is 0.245. The van der Waals surface area contributed by atoms with Gasteiger partial charge in [-0.05, 0) is 31.0 Å². The Morgan fingerprint density at radius 3 is 3.14 bits per heavy atom. The van der Waals surface area contributed by atoms with Gasteiger partial charge in [0.1, 0.15) is 0 Å². The van der Waals surface area contributed by atoms with Crippen LogP contribution in [0, 0.1) is 11.7 Å². The summed E-state index contributed by atoms with van der Waals surface area (Å²) in [5.74, 6) is 0.699. The van der Waals surface area contributed by atoms with E-state index in [9.17, 15) is 4.39 Å². The molecular weight excluding hydrogens is 181 g/mol. The van der Waals surface area contributed by atoms with Crippen molar-refractivity contribution in [2.24, 2.45) is 11.7 Å². The maximum Gasteiger partial charge on any atom is 0.165 e. The van der Waals surface area contributed by atoms with Crippen molar-refractivity contribution in [2.75, 3.05) is 24.5 Å². The Morgan fingerprint density at radius 1 is 1.64 bits per heavy atom. The molecule has 3 nitrogen and oxygen atoms in total. The van der Waals surface area contributed by atoms with Crippen LogP contribution in [0.3, 0.4) is 0 Å². The number of halogens is 1. The summed E-state index contributed by atoms with van der Waals surface area (Å²) in [6.07, 6.45) is 2.65. The molecule has 1 aliphatic rings. The molecule has 4 heteroatoms. The molecule has 2 rings (SSSR count). The molecule has 1 unspecified atom stereocenters. The molecule has 0 spiro atoms. The Morgan fingerprint density at radius 2 is 2.50 bits per heavy atom. The van der Waals surface area contributed by atoms with Crippen LogP contribution in [-0.2, 0) is 0 Å². The topological polar surface area (TPSA) is 42.1 Å². The molecule has 1 fully saturated rings. The van der Waals surface area contributed by atoms with Crippen molar-refractivity contribution in [1.82, 2.24) is 4.98 Å². The second kappa shape index (κ2) is 3.92. The largest absolute Gasteiger partial charge is 0.354 e. The van der Waals surface area contributed by atoms with E-state index in [2.05, 4.69) is 4.98 Å². The van der Waals surface area contributed by atoms with Crippen molar-refractivity contribution in [3.8, 4) is 0 Å². The molecule has 0 amide bonds. The van der Waals surface area contributed by atoms with E-state index in [-0.39, 0.29) is 5.82 Å². The molecule has 1 aromatic rings. The summed E-state index contributed by atoms with van der Waals surface area (Å²) in [5.41, 5.74) is 5.57. The Balaban J connectivity index is 2.13. The van der Waals surface area contributed by atoms with E-state index in [1.54, 1.807) is 12.3 Å². The van der Waals surface area contributed by atoms with Crippen LogP contribution in [0.2, 0.25) is 0 Å². The average Bonchev–Trinajstić information content (AvgIpc) is 2.67. The van der Waals surface area contributed by atoms with E-state index in [1.807, 2.05) is 4.90 Å². The number of hydrogen-bond donors (Lipinski definition) is 1. The molecule has 1 aromatic heterocycles. The molecule has 0 aliphatic carbocycles. The maximum absolute atomic E-state index is 13.3. The van der Waals surface area contributed by atoms with Gasteiger partial charge in [-0.3, -0.25) is 0 Å². The Hall–Kier alpha value is -1.16. The molecule has 76 valence electrons. The molecule has 1 saturated heterocycles. The lowest BCUT2D eigenvalue weighted by atomic mass is 10.1. The number of nitrogens with zero attached hydrogens (tertiary/aromatic N) is 2. The first-order valence-corrected chi connectivity index (χ1v) is 4.87. The molecular formula is C10H14FN3. The zero-order chi connectivity index (χ0) is 9.97. The number of hydrogen-bond acceptors (Lipinski definition) is 3. The van der Waals surface area contributed by atoms with Crippen LogP contribution in [0.4, 0.5) is 10.2 Å². The highest BCUT2D eigenvalue weighted by atomic mass is 19.1. The lowest BCUT2D eigenvalue weighted by Crippen LogP contribution is -2.24. The van der Waals surface area contributed by atoms with Gasteiger partial charge in [0.15, 0.2) is 11.6 Å². The number of anilines is 1. The molecule has 0 saturated carbocycles. The Bertz CT molecular complexity index is 316. The molecule has 0 radical (unpaired) electrons. The van der Waals surface area contributed by atoms with Crippen molar-refractivity contribution in [3.05, 3.63) is 24.1 Å². The second-order valence-corrected chi connectivity index (χ2v) is 3.65. The first-order valence-electron chi connectivity index (χ1n) is 4.87. The predicted molar refractivity (Wildman–Crippen MR) is 53.6 cm³/mol.